The molecule has 0 aromatic carbocycles. The van der Waals surface area contributed by atoms with Crippen LogP contribution >= 0.6 is 24.8 Å². The van der Waals surface area contributed by atoms with Crippen LogP contribution < -0.4 is 11.1 Å². The van der Waals surface area contributed by atoms with E-state index in [2.05, 4.69) is 22.1 Å². The van der Waals surface area contributed by atoms with Gasteiger partial charge in [-0.05, 0) is 18.1 Å². The van der Waals surface area contributed by atoms with Crippen LogP contribution in [-0.2, 0) is 11.2 Å². The molecule has 0 radical (unpaired) electrons. The molecule has 0 aliphatic carbocycles. The third-order valence-electron chi connectivity index (χ3n) is 2.35. The Kier molecular flexibility index (Phi) is 7.37. The zero-order chi connectivity index (χ0) is 11.4. The lowest BCUT2D eigenvalue weighted by Crippen LogP contribution is -2.20. The number of fused-ring (bicyclic) bond motifs is 1. The van der Waals surface area contributed by atoms with E-state index in [1.807, 2.05) is 6.07 Å². The monoisotopic (exact) mass is 287 g/mol. The lowest BCUT2D eigenvalue weighted by molar-refractivity contribution is -0.116. The lowest BCUT2D eigenvalue weighted by Gasteiger charge is -2.15. The first-order chi connectivity index (χ1) is 7.79. The topological polar surface area (TPSA) is 68.0 Å². The van der Waals surface area contributed by atoms with Gasteiger partial charge in [0, 0.05) is 31.1 Å². The molecule has 2 heterocycles. The van der Waals surface area contributed by atoms with Crippen molar-refractivity contribution in [1.82, 2.24) is 4.98 Å². The van der Waals surface area contributed by atoms with Crippen molar-refractivity contribution >= 4 is 36.5 Å². The van der Waals surface area contributed by atoms with Crippen molar-refractivity contribution in [2.24, 2.45) is 5.73 Å². The summed E-state index contributed by atoms with van der Waals surface area (Å²) < 4.78 is 0. The molecule has 0 unspecified atom stereocenters. The Morgan fingerprint density at radius 3 is 2.89 bits per heavy atom. The molecule has 0 atom stereocenters. The standard InChI is InChI=1S/C12H13N3O.2ClH/c13-6-2-1-3-9-7-10-4-5-11(16)15-12(10)14-8-9;;/h7-8H,2,4-6,13H2,(H,14,15,16);2*1H. The second-order valence-electron chi connectivity index (χ2n) is 3.62. The van der Waals surface area contributed by atoms with Crippen molar-refractivity contribution in [3.8, 4) is 11.8 Å². The molecule has 0 fully saturated rings. The largest absolute Gasteiger partial charge is 0.330 e. The van der Waals surface area contributed by atoms with Gasteiger partial charge in [0.15, 0.2) is 0 Å². The van der Waals surface area contributed by atoms with E-state index in [0.717, 1.165) is 17.5 Å². The highest BCUT2D eigenvalue weighted by atomic mass is 35.5. The van der Waals surface area contributed by atoms with Crippen LogP contribution in [0.5, 0.6) is 0 Å². The summed E-state index contributed by atoms with van der Waals surface area (Å²) in [5.74, 6) is 6.66. The first kappa shape index (κ1) is 16.7. The number of carbonyl (C=O) groups is 1. The van der Waals surface area contributed by atoms with Crippen molar-refractivity contribution in [1.29, 1.82) is 0 Å². The summed E-state index contributed by atoms with van der Waals surface area (Å²) in [4.78, 5) is 15.3. The normalized spacial score (nSPS) is 11.9. The summed E-state index contributed by atoms with van der Waals surface area (Å²) in [6.07, 6.45) is 3.62. The molecule has 3 N–H and O–H groups in total. The molecule has 6 heteroatoms. The first-order valence-corrected chi connectivity index (χ1v) is 5.27. The predicted molar refractivity (Wildman–Crippen MR) is 76.2 cm³/mol. The van der Waals surface area contributed by atoms with Crippen molar-refractivity contribution in [2.45, 2.75) is 19.3 Å². The predicted octanol–water partition coefficient (Wildman–Crippen LogP) is 1.51. The third-order valence-corrected chi connectivity index (χ3v) is 2.35. The highest BCUT2D eigenvalue weighted by molar-refractivity contribution is 5.92. The second kappa shape index (κ2) is 7.93. The Labute approximate surface area is 119 Å². The van der Waals surface area contributed by atoms with Crippen LogP contribution in [0.1, 0.15) is 24.0 Å². The van der Waals surface area contributed by atoms with Gasteiger partial charge in [0.1, 0.15) is 5.82 Å². The molecule has 1 aliphatic rings. The number of hydrogen-bond acceptors (Lipinski definition) is 3. The molecule has 1 amide bonds. The maximum atomic E-state index is 11.1. The number of pyridine rings is 1. The van der Waals surface area contributed by atoms with Crippen LogP contribution in [0, 0.1) is 11.8 Å². The molecule has 1 aromatic heterocycles. The van der Waals surface area contributed by atoms with Crippen molar-refractivity contribution in [3.63, 3.8) is 0 Å². The van der Waals surface area contributed by atoms with Gasteiger partial charge < -0.3 is 11.1 Å². The van der Waals surface area contributed by atoms with E-state index in [9.17, 15) is 4.79 Å². The average molecular weight is 288 g/mol. The maximum Gasteiger partial charge on any atom is 0.225 e. The molecule has 0 bridgehead atoms. The van der Waals surface area contributed by atoms with E-state index in [1.54, 1.807) is 6.20 Å². The Balaban J connectivity index is 0.00000144. The minimum atomic E-state index is 0. The van der Waals surface area contributed by atoms with Crippen molar-refractivity contribution in [2.75, 3.05) is 11.9 Å². The first-order valence-electron chi connectivity index (χ1n) is 5.27. The van der Waals surface area contributed by atoms with Crippen LogP contribution in [0.4, 0.5) is 5.82 Å². The minimum Gasteiger partial charge on any atom is -0.330 e. The van der Waals surface area contributed by atoms with Crippen LogP contribution in [0.15, 0.2) is 12.3 Å². The minimum absolute atomic E-state index is 0. The van der Waals surface area contributed by atoms with Gasteiger partial charge in [0.2, 0.25) is 5.91 Å². The fourth-order valence-corrected chi connectivity index (χ4v) is 1.56. The fraction of sp³-hybridized carbons (Fsp3) is 0.333. The molecule has 2 rings (SSSR count). The number of halogens is 2. The van der Waals surface area contributed by atoms with Crippen LogP contribution in [0.2, 0.25) is 0 Å². The number of amides is 1. The number of anilines is 1. The molecule has 0 saturated carbocycles. The number of aryl methyl sites for hydroxylation is 1. The Bertz CT molecular complexity index is 480. The van der Waals surface area contributed by atoms with E-state index in [4.69, 9.17) is 5.73 Å². The summed E-state index contributed by atoms with van der Waals surface area (Å²) in [5.41, 5.74) is 7.29. The number of nitrogens with two attached hydrogens (primary N) is 1. The number of rotatable bonds is 1. The van der Waals surface area contributed by atoms with Crippen LogP contribution in [-0.4, -0.2) is 17.4 Å². The van der Waals surface area contributed by atoms with E-state index >= 15 is 0 Å². The third kappa shape index (κ3) is 4.19. The highest BCUT2D eigenvalue weighted by Gasteiger charge is 2.15. The number of nitrogens with zero attached hydrogens (tertiary/aromatic N) is 1. The molecule has 98 valence electrons. The Hall–Kier alpha value is -1.28. The van der Waals surface area contributed by atoms with Gasteiger partial charge in [-0.15, -0.1) is 24.8 Å². The quantitative estimate of drug-likeness (QED) is 0.770. The zero-order valence-electron chi connectivity index (χ0n) is 9.73. The van der Waals surface area contributed by atoms with E-state index < -0.39 is 0 Å². The van der Waals surface area contributed by atoms with Gasteiger partial charge in [-0.25, -0.2) is 4.98 Å². The van der Waals surface area contributed by atoms with Crippen LogP contribution in [0.25, 0.3) is 0 Å². The molecule has 0 saturated heterocycles. The van der Waals surface area contributed by atoms with Crippen molar-refractivity contribution < 1.29 is 4.79 Å². The summed E-state index contributed by atoms with van der Waals surface area (Å²) in [5, 5.41) is 2.74. The second-order valence-corrected chi connectivity index (χ2v) is 3.62. The molecule has 1 aliphatic heterocycles. The zero-order valence-corrected chi connectivity index (χ0v) is 11.4. The molecule has 1 aromatic rings. The number of aromatic nitrogens is 1. The molecular formula is C12H15Cl2N3O. The van der Waals surface area contributed by atoms with Gasteiger partial charge in [-0.3, -0.25) is 4.79 Å². The van der Waals surface area contributed by atoms with E-state index in [-0.39, 0.29) is 30.7 Å². The molecular weight excluding hydrogens is 273 g/mol. The van der Waals surface area contributed by atoms with E-state index in [1.165, 1.54) is 0 Å². The summed E-state index contributed by atoms with van der Waals surface area (Å²) in [6, 6.07) is 1.98. The number of nitrogens with one attached hydrogen (secondary N) is 1. The summed E-state index contributed by atoms with van der Waals surface area (Å²) in [7, 11) is 0. The fourth-order valence-electron chi connectivity index (χ4n) is 1.56. The molecule has 0 spiro atoms. The highest BCUT2D eigenvalue weighted by Crippen LogP contribution is 2.20. The summed E-state index contributed by atoms with van der Waals surface area (Å²) in [6.45, 7) is 0.571. The van der Waals surface area contributed by atoms with E-state index in [0.29, 0.717) is 25.2 Å². The number of carbonyl (C=O) groups excluding carboxylic acids is 1. The Morgan fingerprint density at radius 1 is 1.39 bits per heavy atom. The van der Waals surface area contributed by atoms with Gasteiger partial charge in [-0.2, -0.15) is 0 Å². The van der Waals surface area contributed by atoms with Crippen LogP contribution in [0.3, 0.4) is 0 Å². The molecule has 4 nitrogen and oxygen atoms in total. The lowest BCUT2D eigenvalue weighted by atomic mass is 10.1. The smallest absolute Gasteiger partial charge is 0.225 e. The Morgan fingerprint density at radius 2 is 2.17 bits per heavy atom. The van der Waals surface area contributed by atoms with Gasteiger partial charge in [0.25, 0.3) is 0 Å². The number of hydrogen-bond donors (Lipinski definition) is 2. The van der Waals surface area contributed by atoms with Gasteiger partial charge in [0.05, 0.1) is 0 Å². The maximum absolute atomic E-state index is 11.1. The van der Waals surface area contributed by atoms with Gasteiger partial charge in [-0.1, -0.05) is 11.8 Å². The average Bonchev–Trinajstić information content (AvgIpc) is 2.29. The van der Waals surface area contributed by atoms with Crippen molar-refractivity contribution in [3.05, 3.63) is 23.4 Å². The SMILES string of the molecule is Cl.Cl.NCCC#Cc1cnc2c(c1)CCC(=O)N2. The molecule has 18 heavy (non-hydrogen) atoms. The summed E-state index contributed by atoms with van der Waals surface area (Å²) >= 11 is 0. The van der Waals surface area contributed by atoms with Gasteiger partial charge >= 0.3 is 0 Å².